The van der Waals surface area contributed by atoms with Crippen molar-refractivity contribution < 1.29 is 17.9 Å². The first-order valence-corrected chi connectivity index (χ1v) is 10.8. The number of ether oxygens (including phenoxy) is 1. The van der Waals surface area contributed by atoms with Crippen molar-refractivity contribution in [3.8, 4) is 0 Å². The summed E-state index contributed by atoms with van der Waals surface area (Å²) in [6.45, 7) is 1.73. The second-order valence-electron chi connectivity index (χ2n) is 6.80. The van der Waals surface area contributed by atoms with E-state index >= 15 is 0 Å². The van der Waals surface area contributed by atoms with Crippen LogP contribution in [0.15, 0.2) is 24.3 Å². The molecular weight excluding hydrogens is 352 g/mol. The molecule has 26 heavy (non-hydrogen) atoms. The van der Waals surface area contributed by atoms with Gasteiger partial charge in [0.15, 0.2) is 0 Å². The Kier molecular flexibility index (Phi) is 6.11. The lowest BCUT2D eigenvalue weighted by Gasteiger charge is -2.26. The summed E-state index contributed by atoms with van der Waals surface area (Å²) in [6, 6.07) is 5.47. The van der Waals surface area contributed by atoms with E-state index in [0.29, 0.717) is 38.3 Å². The summed E-state index contributed by atoms with van der Waals surface area (Å²) in [6.07, 6.45) is 6.77. The minimum atomic E-state index is -3.30. The number of nitrogens with zero attached hydrogens (tertiary/aromatic N) is 1. The first kappa shape index (κ1) is 19.1. The van der Waals surface area contributed by atoms with E-state index in [4.69, 9.17) is 10.5 Å². The van der Waals surface area contributed by atoms with E-state index in [1.54, 1.807) is 6.07 Å². The van der Waals surface area contributed by atoms with Crippen molar-refractivity contribution >= 4 is 21.5 Å². The van der Waals surface area contributed by atoms with Gasteiger partial charge in [-0.1, -0.05) is 18.2 Å². The number of primary amides is 1. The summed E-state index contributed by atoms with van der Waals surface area (Å²) in [5.74, 6) is -0.388. The van der Waals surface area contributed by atoms with Crippen molar-refractivity contribution in [2.24, 2.45) is 5.73 Å². The Morgan fingerprint density at radius 3 is 2.62 bits per heavy atom. The normalized spacial score (nSPS) is 19.2. The second-order valence-corrected chi connectivity index (χ2v) is 8.89. The zero-order valence-electron chi connectivity index (χ0n) is 14.9. The molecule has 1 aromatic carbocycles. The van der Waals surface area contributed by atoms with Crippen molar-refractivity contribution in [3.05, 3.63) is 41.0 Å². The largest absolute Gasteiger partial charge is 0.379 e. The van der Waals surface area contributed by atoms with Crippen LogP contribution in [0.4, 0.5) is 0 Å². The number of aryl methyl sites for hydroxylation is 1. The van der Waals surface area contributed by atoms with Crippen molar-refractivity contribution in [1.29, 1.82) is 0 Å². The first-order chi connectivity index (χ1) is 12.5. The van der Waals surface area contributed by atoms with Gasteiger partial charge >= 0.3 is 0 Å². The number of hydrogen-bond donors (Lipinski definition) is 1. The van der Waals surface area contributed by atoms with Crippen molar-refractivity contribution in [2.75, 3.05) is 32.1 Å². The third-order valence-electron chi connectivity index (χ3n) is 5.00. The Bertz CT molecular complexity index is 796. The molecule has 1 aromatic rings. The van der Waals surface area contributed by atoms with E-state index in [0.717, 1.165) is 42.4 Å². The van der Waals surface area contributed by atoms with Crippen LogP contribution < -0.4 is 5.73 Å². The molecule has 1 aliphatic heterocycles. The molecule has 0 spiro atoms. The second kappa shape index (κ2) is 8.33. The molecule has 0 aromatic heterocycles. The smallest absolute Gasteiger partial charge is 0.249 e. The monoisotopic (exact) mass is 378 g/mol. The maximum absolute atomic E-state index is 12.5. The van der Waals surface area contributed by atoms with Gasteiger partial charge in [0.2, 0.25) is 15.9 Å². The Balaban J connectivity index is 1.78. The molecule has 6 nitrogen and oxygen atoms in total. The number of benzene rings is 1. The summed E-state index contributed by atoms with van der Waals surface area (Å²) in [7, 11) is -3.30. The molecule has 1 fully saturated rings. The van der Waals surface area contributed by atoms with Crippen molar-refractivity contribution in [1.82, 2.24) is 4.31 Å². The molecule has 1 heterocycles. The maximum atomic E-state index is 12.5. The van der Waals surface area contributed by atoms with Gasteiger partial charge in [0, 0.05) is 18.7 Å². The minimum Gasteiger partial charge on any atom is -0.379 e. The molecule has 7 heteroatoms. The molecule has 1 saturated heterocycles. The average molecular weight is 378 g/mol. The van der Waals surface area contributed by atoms with Gasteiger partial charge in [-0.3, -0.25) is 4.79 Å². The van der Waals surface area contributed by atoms with E-state index in [1.165, 1.54) is 4.31 Å². The topological polar surface area (TPSA) is 89.7 Å². The number of sulfonamides is 1. The highest BCUT2D eigenvalue weighted by Gasteiger charge is 2.24. The lowest BCUT2D eigenvalue weighted by atomic mass is 9.89. The molecule has 0 saturated carbocycles. The van der Waals surface area contributed by atoms with E-state index in [1.807, 2.05) is 12.1 Å². The van der Waals surface area contributed by atoms with Gasteiger partial charge in [0.1, 0.15) is 0 Å². The summed E-state index contributed by atoms with van der Waals surface area (Å²) in [5, 5.41) is 0. The standard InChI is InChI=1S/C19H26N2O4S/c20-19(22)17-7-6-15(14-18(17)16-4-2-1-3-5-16)8-13-26(23,24)21-9-11-25-12-10-21/h4,6-7,14H,1-3,5,8-13H2,(H2,20,22). The lowest BCUT2D eigenvalue weighted by molar-refractivity contribution is 0.0730. The van der Waals surface area contributed by atoms with Gasteiger partial charge in [-0.25, -0.2) is 8.42 Å². The summed E-state index contributed by atoms with van der Waals surface area (Å²) < 4.78 is 31.7. The van der Waals surface area contributed by atoms with E-state index < -0.39 is 15.9 Å². The molecule has 0 atom stereocenters. The molecule has 3 rings (SSSR count). The van der Waals surface area contributed by atoms with Gasteiger partial charge in [0.05, 0.1) is 19.0 Å². The van der Waals surface area contributed by atoms with Crippen molar-refractivity contribution in [2.45, 2.75) is 32.1 Å². The van der Waals surface area contributed by atoms with Gasteiger partial charge < -0.3 is 10.5 Å². The predicted octanol–water partition coefficient (Wildman–Crippen LogP) is 1.95. The molecule has 1 amide bonds. The maximum Gasteiger partial charge on any atom is 0.249 e. The minimum absolute atomic E-state index is 0.0570. The van der Waals surface area contributed by atoms with E-state index in [-0.39, 0.29) is 5.75 Å². The van der Waals surface area contributed by atoms with Crippen LogP contribution >= 0.6 is 0 Å². The molecule has 2 N–H and O–H groups in total. The van der Waals surface area contributed by atoms with Crippen LogP contribution in [0.2, 0.25) is 0 Å². The number of amides is 1. The third-order valence-corrected chi connectivity index (χ3v) is 6.87. The van der Waals surface area contributed by atoms with Gasteiger partial charge in [-0.2, -0.15) is 4.31 Å². The van der Waals surface area contributed by atoms with Gasteiger partial charge in [-0.15, -0.1) is 0 Å². The van der Waals surface area contributed by atoms with Gasteiger partial charge in [0.25, 0.3) is 0 Å². The quantitative estimate of drug-likeness (QED) is 0.819. The SMILES string of the molecule is NC(=O)c1ccc(CCS(=O)(=O)N2CCOCC2)cc1C1=CCCCC1. The molecule has 142 valence electrons. The first-order valence-electron chi connectivity index (χ1n) is 9.15. The third kappa shape index (κ3) is 4.52. The summed E-state index contributed by atoms with van der Waals surface area (Å²) in [5.41, 5.74) is 8.96. The number of morpholine rings is 1. The lowest BCUT2D eigenvalue weighted by Crippen LogP contribution is -2.42. The summed E-state index contributed by atoms with van der Waals surface area (Å²) >= 11 is 0. The number of carbonyl (C=O) groups excluding carboxylic acids is 1. The molecule has 2 aliphatic rings. The fourth-order valence-corrected chi connectivity index (χ4v) is 4.97. The Hall–Kier alpha value is -1.70. The van der Waals surface area contributed by atoms with E-state index in [9.17, 15) is 13.2 Å². The molecule has 0 bridgehead atoms. The number of rotatable bonds is 6. The van der Waals surface area contributed by atoms with Gasteiger partial charge in [-0.05, 0) is 54.9 Å². The van der Waals surface area contributed by atoms with Crippen LogP contribution in [0.3, 0.4) is 0 Å². The zero-order valence-corrected chi connectivity index (χ0v) is 15.8. The Morgan fingerprint density at radius 1 is 1.19 bits per heavy atom. The highest BCUT2D eigenvalue weighted by Crippen LogP contribution is 2.30. The van der Waals surface area contributed by atoms with Crippen molar-refractivity contribution in [3.63, 3.8) is 0 Å². The molecule has 0 unspecified atom stereocenters. The highest BCUT2D eigenvalue weighted by atomic mass is 32.2. The number of nitrogens with two attached hydrogens (primary N) is 1. The fourth-order valence-electron chi connectivity index (χ4n) is 3.51. The van der Waals surface area contributed by atoms with Crippen LogP contribution in [0.5, 0.6) is 0 Å². The highest BCUT2D eigenvalue weighted by molar-refractivity contribution is 7.89. The Morgan fingerprint density at radius 2 is 1.96 bits per heavy atom. The number of carbonyl (C=O) groups is 1. The number of hydrogen-bond acceptors (Lipinski definition) is 4. The van der Waals surface area contributed by atoms with Crippen LogP contribution in [0.25, 0.3) is 5.57 Å². The Labute approximate surface area is 155 Å². The van der Waals surface area contributed by atoms with Crippen LogP contribution in [-0.4, -0.2) is 50.7 Å². The molecule has 0 radical (unpaired) electrons. The van der Waals surface area contributed by atoms with Crippen LogP contribution in [0.1, 0.15) is 47.2 Å². The number of allylic oxidation sites excluding steroid dienone is 2. The van der Waals surface area contributed by atoms with Crippen LogP contribution in [0, 0.1) is 0 Å². The fraction of sp³-hybridized carbons (Fsp3) is 0.526. The van der Waals surface area contributed by atoms with E-state index in [2.05, 4.69) is 6.08 Å². The zero-order chi connectivity index (χ0) is 18.6. The average Bonchev–Trinajstić information content (AvgIpc) is 2.67. The molecule has 1 aliphatic carbocycles. The molecular formula is C19H26N2O4S. The predicted molar refractivity (Wildman–Crippen MR) is 101 cm³/mol. The van der Waals surface area contributed by atoms with Crippen LogP contribution in [-0.2, 0) is 21.2 Å². The summed E-state index contributed by atoms with van der Waals surface area (Å²) in [4.78, 5) is 11.8.